The molecule has 7 rings (SSSR count). The molecule has 7 aromatic rings. The third-order valence-corrected chi connectivity index (χ3v) is 7.69. The second-order valence-corrected chi connectivity index (χ2v) is 13.1. The number of nitrogens with one attached hydrogen (secondary N) is 3. The molecule has 0 saturated carbocycles. The van der Waals surface area contributed by atoms with E-state index in [4.69, 9.17) is 33.9 Å². The van der Waals surface area contributed by atoms with Gasteiger partial charge in [0.15, 0.2) is 0 Å². The molecule has 4 heterocycles. The fourth-order valence-corrected chi connectivity index (χ4v) is 4.57. The van der Waals surface area contributed by atoms with E-state index in [1.165, 1.54) is 33.8 Å². The van der Waals surface area contributed by atoms with Crippen molar-refractivity contribution < 1.29 is 0 Å². The Morgan fingerprint density at radius 1 is 0.593 bits per heavy atom. The Kier molecular flexibility index (Phi) is 19.1. The maximum atomic E-state index is 7.13. The van der Waals surface area contributed by atoms with Gasteiger partial charge in [-0.2, -0.15) is 0 Å². The van der Waals surface area contributed by atoms with Gasteiger partial charge in [-0.15, -0.1) is 0 Å². The predicted molar refractivity (Wildman–Crippen MR) is 231 cm³/mol. The number of fused-ring (bicyclic) bond motifs is 1. The van der Waals surface area contributed by atoms with Crippen LogP contribution in [-0.2, 0) is 0 Å². The maximum Gasteiger partial charge on any atom is 0.130 e. The summed E-state index contributed by atoms with van der Waals surface area (Å²) in [7, 11) is 0. The molecule has 54 heavy (non-hydrogen) atoms. The molecule has 0 unspecified atom stereocenters. The van der Waals surface area contributed by atoms with E-state index in [1.54, 1.807) is 18.3 Å². The molecule has 0 spiro atoms. The van der Waals surface area contributed by atoms with E-state index in [9.17, 15) is 0 Å². The average molecular weight is 741 g/mol. The van der Waals surface area contributed by atoms with E-state index in [1.807, 2.05) is 122 Å². The summed E-state index contributed by atoms with van der Waals surface area (Å²) in [5, 5.41) is 15.4. The second-order valence-electron chi connectivity index (χ2n) is 12.7. The first kappa shape index (κ1) is 44.0. The van der Waals surface area contributed by atoms with E-state index < -0.39 is 0 Å². The monoisotopic (exact) mass is 740 g/mol. The Balaban J connectivity index is 0.000000225. The van der Waals surface area contributed by atoms with Crippen molar-refractivity contribution in [2.24, 2.45) is 0 Å². The van der Waals surface area contributed by atoms with Crippen LogP contribution in [0.4, 0.5) is 11.4 Å². The van der Waals surface area contributed by atoms with Crippen molar-refractivity contribution in [1.29, 1.82) is 10.8 Å². The maximum absolute atomic E-state index is 7.13. The number of nitrogen functional groups attached to an aromatic ring is 2. The minimum atomic E-state index is -0.0116. The van der Waals surface area contributed by atoms with Gasteiger partial charge in [-0.05, 0) is 143 Å². The number of hydrogen-bond acceptors (Lipinski definition) is 7. The molecular weight excluding hydrogens is 688 g/mol. The molecule has 0 aliphatic heterocycles. The molecule has 9 heteroatoms. The molecule has 280 valence electrons. The number of rotatable bonds is 2. The highest BCUT2D eigenvalue weighted by Gasteiger charge is 2.01. The van der Waals surface area contributed by atoms with Crippen LogP contribution in [-0.4, -0.2) is 31.3 Å². The number of aryl methyl sites for hydroxylation is 8. The molecular formula is C45H53ClN8. The van der Waals surface area contributed by atoms with Gasteiger partial charge in [-0.3, -0.25) is 20.4 Å². The molecule has 0 bridgehead atoms. The Hall–Kier alpha value is -6.12. The summed E-state index contributed by atoms with van der Waals surface area (Å²) in [5.41, 5.74) is 24.2. The summed E-state index contributed by atoms with van der Waals surface area (Å²) in [6, 6.07) is 33.5. The Morgan fingerprint density at radius 2 is 1.11 bits per heavy atom. The van der Waals surface area contributed by atoms with Crippen LogP contribution in [0, 0.1) is 66.2 Å². The lowest BCUT2D eigenvalue weighted by Gasteiger charge is -2.01. The standard InChI is InChI=1S/C9H9N.C8H9ClN2.C8H10N2.2C7H9N.C6H7N/c1-7-2-3-8-4-5-10-9(8)6-7;1-5-2-3-6(8(9)11)7(10)4-5;1-6-2-3-7(5-9)8(10)4-6;2*1-6-3-4-7(2)8-5-6;1-6-4-2-3-5-7-6/h2-6,10H,1H3;2-4,11H,10H2,1H3;2-5,9H,10H2,1H3;2*3-5H,1-2H3;2-5H,1H3. The van der Waals surface area contributed by atoms with E-state index in [0.717, 1.165) is 33.8 Å². The summed E-state index contributed by atoms with van der Waals surface area (Å²) >= 11 is 5.46. The number of aromatic amines is 1. The van der Waals surface area contributed by atoms with E-state index in [0.29, 0.717) is 16.9 Å². The second kappa shape index (κ2) is 23.4. The van der Waals surface area contributed by atoms with Crippen molar-refractivity contribution in [2.45, 2.75) is 55.4 Å². The highest BCUT2D eigenvalue weighted by atomic mass is 35.5. The fourth-order valence-electron chi connectivity index (χ4n) is 4.40. The first-order valence-electron chi connectivity index (χ1n) is 17.4. The van der Waals surface area contributed by atoms with Crippen LogP contribution in [0.15, 0.2) is 128 Å². The van der Waals surface area contributed by atoms with Gasteiger partial charge in [0.1, 0.15) is 5.17 Å². The van der Waals surface area contributed by atoms with Crippen molar-refractivity contribution in [3.8, 4) is 0 Å². The average Bonchev–Trinajstić information content (AvgIpc) is 3.60. The number of H-pyrrole nitrogens is 1. The molecule has 0 atom stereocenters. The number of hydrogen-bond donors (Lipinski definition) is 5. The number of halogens is 1. The molecule has 0 radical (unpaired) electrons. The van der Waals surface area contributed by atoms with Gasteiger partial charge in [-0.25, -0.2) is 0 Å². The minimum absolute atomic E-state index is 0.0116. The van der Waals surface area contributed by atoms with Crippen LogP contribution in [0.2, 0.25) is 0 Å². The van der Waals surface area contributed by atoms with Crippen LogP contribution >= 0.6 is 11.6 Å². The third kappa shape index (κ3) is 17.4. The van der Waals surface area contributed by atoms with Crippen LogP contribution < -0.4 is 11.5 Å². The zero-order valence-corrected chi connectivity index (χ0v) is 33.3. The first-order chi connectivity index (χ1) is 25.7. The minimum Gasteiger partial charge on any atom is -0.398 e. The fraction of sp³-hybridized carbons (Fsp3) is 0.178. The lowest BCUT2D eigenvalue weighted by Crippen LogP contribution is -1.97. The smallest absolute Gasteiger partial charge is 0.130 e. The summed E-state index contributed by atoms with van der Waals surface area (Å²) < 4.78 is 0. The topological polar surface area (TPSA) is 154 Å². The van der Waals surface area contributed by atoms with Gasteiger partial charge in [-0.1, -0.05) is 60.1 Å². The highest BCUT2D eigenvalue weighted by Crippen LogP contribution is 2.16. The highest BCUT2D eigenvalue weighted by molar-refractivity contribution is 6.69. The molecule has 0 amide bonds. The van der Waals surface area contributed by atoms with Crippen LogP contribution in [0.5, 0.6) is 0 Å². The number of anilines is 2. The first-order valence-corrected chi connectivity index (χ1v) is 17.7. The number of pyridine rings is 3. The van der Waals surface area contributed by atoms with Gasteiger partial charge in [0.25, 0.3) is 0 Å². The normalized spacial score (nSPS) is 9.50. The number of nitrogens with two attached hydrogens (primary N) is 2. The molecule has 0 fully saturated rings. The summed E-state index contributed by atoms with van der Waals surface area (Å²) in [6.45, 7) is 16.0. The molecule has 0 aliphatic carbocycles. The largest absolute Gasteiger partial charge is 0.398 e. The Bertz CT molecular complexity index is 2070. The molecule has 3 aromatic carbocycles. The molecule has 7 N–H and O–H groups in total. The number of nitrogens with zero attached hydrogens (tertiary/aromatic N) is 3. The van der Waals surface area contributed by atoms with Crippen molar-refractivity contribution in [1.82, 2.24) is 19.9 Å². The predicted octanol–water partition coefficient (Wildman–Crippen LogP) is 11.0. The Labute approximate surface area is 325 Å². The molecule has 0 aliphatic rings. The van der Waals surface area contributed by atoms with Gasteiger partial charge in [0.2, 0.25) is 0 Å². The summed E-state index contributed by atoms with van der Waals surface area (Å²) in [4.78, 5) is 15.3. The SMILES string of the molecule is Cc1ccc(C(=N)Cl)c(N)c1.Cc1ccc(C)nc1.Cc1ccc(C)nc1.Cc1ccc(C=N)c(N)c1.Cc1ccc2cc[nH]c2c1.Cc1ccccn1. The Morgan fingerprint density at radius 3 is 1.54 bits per heavy atom. The van der Waals surface area contributed by atoms with Crippen molar-refractivity contribution >= 4 is 45.3 Å². The van der Waals surface area contributed by atoms with Crippen LogP contribution in [0.25, 0.3) is 10.9 Å². The van der Waals surface area contributed by atoms with Crippen molar-refractivity contribution in [2.75, 3.05) is 11.5 Å². The van der Waals surface area contributed by atoms with Gasteiger partial charge < -0.3 is 21.9 Å². The van der Waals surface area contributed by atoms with Crippen LogP contribution in [0.3, 0.4) is 0 Å². The number of benzene rings is 3. The van der Waals surface area contributed by atoms with Gasteiger partial charge >= 0.3 is 0 Å². The summed E-state index contributed by atoms with van der Waals surface area (Å²) in [6.07, 6.45) is 8.75. The lowest BCUT2D eigenvalue weighted by molar-refractivity contribution is 1.17. The van der Waals surface area contributed by atoms with E-state index >= 15 is 0 Å². The van der Waals surface area contributed by atoms with Crippen LogP contribution in [0.1, 0.15) is 56.0 Å². The molecule has 4 aromatic heterocycles. The lowest BCUT2D eigenvalue weighted by atomic mass is 10.1. The quantitative estimate of drug-likeness (QED) is 0.0881. The van der Waals surface area contributed by atoms with E-state index in [-0.39, 0.29) is 5.17 Å². The third-order valence-electron chi connectivity index (χ3n) is 7.48. The molecule has 8 nitrogen and oxygen atoms in total. The number of aromatic nitrogens is 4. The zero-order chi connectivity index (χ0) is 40.0. The van der Waals surface area contributed by atoms with Crippen molar-refractivity contribution in [3.63, 3.8) is 0 Å². The van der Waals surface area contributed by atoms with Gasteiger partial charge in [0.05, 0.1) is 0 Å². The summed E-state index contributed by atoms with van der Waals surface area (Å²) in [5.74, 6) is 0. The van der Waals surface area contributed by atoms with E-state index in [2.05, 4.69) is 63.3 Å². The molecule has 0 saturated heterocycles. The van der Waals surface area contributed by atoms with Crippen molar-refractivity contribution in [3.05, 3.63) is 184 Å². The van der Waals surface area contributed by atoms with Gasteiger partial charge in [0, 0.05) is 76.1 Å². The zero-order valence-electron chi connectivity index (χ0n) is 32.6.